The maximum Gasteiger partial charge on any atom is 0.176 e. The quantitative estimate of drug-likeness (QED) is 0.563. The smallest absolute Gasteiger partial charge is 0.176 e. The standard InChI is InChI=1S/C16H12F2N2S3/c1-21-15-19-20-16(23-15)22-14(10-2-6-12(17)7-3-10)11-4-8-13(18)9-5-11/h2-9,14H,1H3. The molecule has 0 amide bonds. The molecule has 2 nitrogen and oxygen atoms in total. The molecule has 0 fully saturated rings. The predicted octanol–water partition coefficient (Wildman–Crippen LogP) is 5.42. The summed E-state index contributed by atoms with van der Waals surface area (Å²) in [5.74, 6) is -0.561. The van der Waals surface area contributed by atoms with Crippen LogP contribution in [0.15, 0.2) is 57.2 Å². The maximum atomic E-state index is 13.2. The minimum Gasteiger partial charge on any atom is -0.207 e. The van der Waals surface area contributed by atoms with Crippen LogP contribution in [0.25, 0.3) is 0 Å². The van der Waals surface area contributed by atoms with Crippen LogP contribution in [0.3, 0.4) is 0 Å². The second-order valence-corrected chi connectivity index (χ2v) is 8.02. The highest BCUT2D eigenvalue weighted by atomic mass is 32.2. The molecule has 3 aromatic rings. The van der Waals surface area contributed by atoms with Gasteiger partial charge in [0, 0.05) is 0 Å². The zero-order chi connectivity index (χ0) is 16.2. The summed E-state index contributed by atoms with van der Waals surface area (Å²) >= 11 is 4.59. The van der Waals surface area contributed by atoms with Crippen molar-refractivity contribution in [3.63, 3.8) is 0 Å². The largest absolute Gasteiger partial charge is 0.207 e. The molecule has 0 N–H and O–H groups in total. The van der Waals surface area contributed by atoms with Crippen LogP contribution in [0.5, 0.6) is 0 Å². The molecule has 2 aromatic carbocycles. The van der Waals surface area contributed by atoms with Gasteiger partial charge < -0.3 is 0 Å². The summed E-state index contributed by atoms with van der Waals surface area (Å²) in [7, 11) is 0. The molecule has 0 aliphatic rings. The van der Waals surface area contributed by atoms with Gasteiger partial charge in [0.2, 0.25) is 0 Å². The normalized spacial score (nSPS) is 11.1. The topological polar surface area (TPSA) is 25.8 Å². The molecule has 1 heterocycles. The Balaban J connectivity index is 1.95. The van der Waals surface area contributed by atoms with Crippen molar-refractivity contribution in [3.8, 4) is 0 Å². The Morgan fingerprint density at radius 2 is 1.30 bits per heavy atom. The third-order valence-electron chi connectivity index (χ3n) is 3.13. The van der Waals surface area contributed by atoms with Crippen molar-refractivity contribution in [2.24, 2.45) is 0 Å². The van der Waals surface area contributed by atoms with Crippen LogP contribution in [0.1, 0.15) is 16.4 Å². The molecular formula is C16H12F2N2S3. The van der Waals surface area contributed by atoms with Crippen LogP contribution in [-0.2, 0) is 0 Å². The van der Waals surface area contributed by atoms with E-state index in [1.165, 1.54) is 47.4 Å². The summed E-state index contributed by atoms with van der Waals surface area (Å²) in [5.41, 5.74) is 1.87. The zero-order valence-electron chi connectivity index (χ0n) is 12.1. The first-order chi connectivity index (χ1) is 11.2. The fourth-order valence-corrected chi connectivity index (χ4v) is 4.79. The van der Waals surface area contributed by atoms with Crippen molar-refractivity contribution < 1.29 is 8.78 Å². The van der Waals surface area contributed by atoms with E-state index >= 15 is 0 Å². The van der Waals surface area contributed by atoms with E-state index in [1.807, 2.05) is 6.26 Å². The lowest BCUT2D eigenvalue weighted by Crippen LogP contribution is -1.97. The summed E-state index contributed by atoms with van der Waals surface area (Å²) < 4.78 is 28.1. The monoisotopic (exact) mass is 366 g/mol. The number of aromatic nitrogens is 2. The average Bonchev–Trinajstić information content (AvgIpc) is 3.02. The number of rotatable bonds is 5. The van der Waals surface area contributed by atoms with Crippen LogP contribution in [-0.4, -0.2) is 16.5 Å². The highest BCUT2D eigenvalue weighted by Gasteiger charge is 2.18. The van der Waals surface area contributed by atoms with Gasteiger partial charge in [0.1, 0.15) is 11.6 Å². The average molecular weight is 366 g/mol. The summed E-state index contributed by atoms with van der Waals surface area (Å²) in [6.07, 6.45) is 1.95. The molecule has 0 saturated heterocycles. The molecule has 0 unspecified atom stereocenters. The minimum atomic E-state index is -0.280. The zero-order valence-corrected chi connectivity index (χ0v) is 14.5. The van der Waals surface area contributed by atoms with Gasteiger partial charge in [-0.25, -0.2) is 8.78 Å². The molecular weight excluding hydrogens is 354 g/mol. The predicted molar refractivity (Wildman–Crippen MR) is 92.2 cm³/mol. The highest BCUT2D eigenvalue weighted by Crippen LogP contribution is 2.42. The van der Waals surface area contributed by atoms with Gasteiger partial charge in [0.05, 0.1) is 5.25 Å². The van der Waals surface area contributed by atoms with Gasteiger partial charge in [-0.2, -0.15) is 0 Å². The van der Waals surface area contributed by atoms with E-state index in [4.69, 9.17) is 0 Å². The fourth-order valence-electron chi connectivity index (χ4n) is 2.03. The lowest BCUT2D eigenvalue weighted by Gasteiger charge is -2.16. The molecule has 0 spiro atoms. The minimum absolute atomic E-state index is 0.0983. The molecule has 118 valence electrons. The van der Waals surface area contributed by atoms with Gasteiger partial charge >= 0.3 is 0 Å². The molecule has 7 heteroatoms. The van der Waals surface area contributed by atoms with Crippen molar-refractivity contribution in [2.75, 3.05) is 6.26 Å². The van der Waals surface area contributed by atoms with Crippen molar-refractivity contribution >= 4 is 34.9 Å². The Labute approximate surface area is 145 Å². The Morgan fingerprint density at radius 1 is 0.826 bits per heavy atom. The molecule has 1 aromatic heterocycles. The Bertz CT molecular complexity index is 727. The maximum absolute atomic E-state index is 13.2. The molecule has 3 rings (SSSR count). The van der Waals surface area contributed by atoms with E-state index in [2.05, 4.69) is 10.2 Å². The number of thioether (sulfide) groups is 2. The third kappa shape index (κ3) is 4.10. The second-order valence-electron chi connectivity index (χ2n) is 4.64. The lowest BCUT2D eigenvalue weighted by atomic mass is 10.0. The molecule has 0 aliphatic carbocycles. The summed E-state index contributed by atoms with van der Waals surface area (Å²) in [6.45, 7) is 0. The molecule has 0 aliphatic heterocycles. The van der Waals surface area contributed by atoms with Crippen LogP contribution < -0.4 is 0 Å². The van der Waals surface area contributed by atoms with E-state index in [-0.39, 0.29) is 16.9 Å². The number of hydrogen-bond acceptors (Lipinski definition) is 5. The van der Waals surface area contributed by atoms with Crippen molar-refractivity contribution in [3.05, 3.63) is 71.3 Å². The summed E-state index contributed by atoms with van der Waals surface area (Å²) in [6, 6.07) is 12.7. The van der Waals surface area contributed by atoms with E-state index < -0.39 is 0 Å². The highest BCUT2D eigenvalue weighted by molar-refractivity contribution is 8.03. The van der Waals surface area contributed by atoms with E-state index in [1.54, 1.807) is 36.0 Å². The van der Waals surface area contributed by atoms with Gasteiger partial charge in [-0.15, -0.1) is 10.2 Å². The Hall–Kier alpha value is -1.44. The Kier molecular flexibility index (Phi) is 5.30. The molecule has 23 heavy (non-hydrogen) atoms. The van der Waals surface area contributed by atoms with Crippen molar-refractivity contribution in [1.82, 2.24) is 10.2 Å². The van der Waals surface area contributed by atoms with Crippen LogP contribution in [0.2, 0.25) is 0 Å². The van der Waals surface area contributed by atoms with Crippen LogP contribution in [0.4, 0.5) is 8.78 Å². The second kappa shape index (κ2) is 7.42. The summed E-state index contributed by atoms with van der Waals surface area (Å²) in [4.78, 5) is 0. The van der Waals surface area contributed by atoms with E-state index in [0.29, 0.717) is 0 Å². The molecule has 0 radical (unpaired) electrons. The number of hydrogen-bond donors (Lipinski definition) is 0. The number of nitrogens with zero attached hydrogens (tertiary/aromatic N) is 2. The molecule has 0 bridgehead atoms. The molecule has 0 atom stereocenters. The van der Waals surface area contributed by atoms with Crippen molar-refractivity contribution in [2.45, 2.75) is 13.9 Å². The SMILES string of the molecule is CSc1nnc(SC(c2ccc(F)cc2)c2ccc(F)cc2)s1. The van der Waals surface area contributed by atoms with Gasteiger partial charge in [0.15, 0.2) is 8.68 Å². The number of benzene rings is 2. The number of halogens is 2. The van der Waals surface area contributed by atoms with Crippen molar-refractivity contribution in [1.29, 1.82) is 0 Å². The first-order valence-corrected chi connectivity index (χ1v) is 9.63. The van der Waals surface area contributed by atoms with Gasteiger partial charge in [-0.3, -0.25) is 0 Å². The third-order valence-corrected chi connectivity index (χ3v) is 6.42. The van der Waals surface area contributed by atoms with E-state index in [0.717, 1.165) is 19.8 Å². The summed E-state index contributed by atoms with van der Waals surface area (Å²) in [5, 5.41) is 8.17. The van der Waals surface area contributed by atoms with Gasteiger partial charge in [-0.05, 0) is 41.6 Å². The van der Waals surface area contributed by atoms with Crippen LogP contribution in [0, 0.1) is 11.6 Å². The Morgan fingerprint density at radius 3 is 1.74 bits per heavy atom. The van der Waals surface area contributed by atoms with Crippen LogP contribution >= 0.6 is 34.9 Å². The first kappa shape index (κ1) is 16.4. The molecule has 0 saturated carbocycles. The lowest BCUT2D eigenvalue weighted by molar-refractivity contribution is 0.626. The fraction of sp³-hybridized carbons (Fsp3) is 0.125. The van der Waals surface area contributed by atoms with Gasteiger partial charge in [0.25, 0.3) is 0 Å². The van der Waals surface area contributed by atoms with Gasteiger partial charge in [-0.1, -0.05) is 59.1 Å². The first-order valence-electron chi connectivity index (χ1n) is 6.71. The van der Waals surface area contributed by atoms with E-state index in [9.17, 15) is 8.78 Å².